The van der Waals surface area contributed by atoms with Crippen LogP contribution in [-0.2, 0) is 27.9 Å². The van der Waals surface area contributed by atoms with Gasteiger partial charge in [-0.1, -0.05) is 25.8 Å². The molecule has 0 spiro atoms. The molecule has 1 saturated carbocycles. The first kappa shape index (κ1) is 29.0. The van der Waals surface area contributed by atoms with Crippen LogP contribution < -0.4 is 10.9 Å². The molecular formula is C30H42N4O5. The lowest BCUT2D eigenvalue weighted by molar-refractivity contribution is -0.158. The van der Waals surface area contributed by atoms with Crippen molar-refractivity contribution < 1.29 is 19.4 Å². The fourth-order valence-electron chi connectivity index (χ4n) is 5.15. The minimum absolute atomic E-state index is 0.0299. The molecule has 3 aromatic rings. The normalized spacial score (nSPS) is 16.2. The first-order valence-electron chi connectivity index (χ1n) is 14.0. The minimum atomic E-state index is -0.881. The molecule has 0 radical (unpaired) electrons. The monoisotopic (exact) mass is 538 g/mol. The second-order valence-corrected chi connectivity index (χ2v) is 10.8. The van der Waals surface area contributed by atoms with E-state index in [-0.39, 0.29) is 17.7 Å². The topological polar surface area (TPSA) is 108 Å². The van der Waals surface area contributed by atoms with E-state index in [9.17, 15) is 14.7 Å². The number of rotatable bonds is 13. The highest BCUT2D eigenvalue weighted by Gasteiger charge is 2.30. The third kappa shape index (κ3) is 6.59. The number of carbonyl (C=O) groups excluding carboxylic acids is 1. The summed E-state index contributed by atoms with van der Waals surface area (Å²) in [7, 11) is 3.47. The first-order chi connectivity index (χ1) is 18.7. The van der Waals surface area contributed by atoms with Crippen molar-refractivity contribution in [2.75, 3.05) is 13.7 Å². The standard InChI is InChI=1S/C30H42N4O5/c1-6-7-9-23(18-38-5)34-26-13-12-21(16-31-27(20(3)35)30(37)39-24-10-8-11-24)15-25(26)32-28(34)22-14-19(2)29(36)33(4)17-22/h12-15,17,20,23-24,27,31,35H,6-11,16,18H2,1-5H3/t20-,23?,27+/m1/s1. The zero-order chi connectivity index (χ0) is 28.1. The smallest absolute Gasteiger partial charge is 0.326 e. The summed E-state index contributed by atoms with van der Waals surface area (Å²) >= 11 is 0. The average Bonchev–Trinajstić information content (AvgIpc) is 3.25. The van der Waals surface area contributed by atoms with E-state index in [4.69, 9.17) is 14.5 Å². The molecule has 4 rings (SSSR count). The number of hydrogen-bond donors (Lipinski definition) is 2. The molecule has 1 aliphatic carbocycles. The zero-order valence-electron chi connectivity index (χ0n) is 23.8. The second-order valence-electron chi connectivity index (χ2n) is 10.8. The summed E-state index contributed by atoms with van der Waals surface area (Å²) in [5.41, 5.74) is 4.24. The molecule has 39 heavy (non-hydrogen) atoms. The van der Waals surface area contributed by atoms with Gasteiger partial charge in [0, 0.05) is 38.0 Å². The maximum Gasteiger partial charge on any atom is 0.326 e. The zero-order valence-corrected chi connectivity index (χ0v) is 23.8. The molecule has 0 saturated heterocycles. The van der Waals surface area contributed by atoms with Crippen LogP contribution in [0.3, 0.4) is 0 Å². The Hall–Kier alpha value is -3.01. The summed E-state index contributed by atoms with van der Waals surface area (Å²) in [4.78, 5) is 30.1. The Morgan fingerprint density at radius 3 is 2.67 bits per heavy atom. The van der Waals surface area contributed by atoms with Crippen LogP contribution in [0.15, 0.2) is 35.3 Å². The van der Waals surface area contributed by atoms with Gasteiger partial charge in [-0.25, -0.2) is 4.98 Å². The summed E-state index contributed by atoms with van der Waals surface area (Å²) in [6.07, 6.45) is 6.83. The number of nitrogens with zero attached hydrogens (tertiary/aromatic N) is 3. The van der Waals surface area contributed by atoms with Crippen molar-refractivity contribution in [2.24, 2.45) is 7.05 Å². The fraction of sp³-hybridized carbons (Fsp3) is 0.567. The molecule has 1 aliphatic rings. The van der Waals surface area contributed by atoms with Crippen LogP contribution in [0.1, 0.15) is 69.5 Å². The van der Waals surface area contributed by atoms with Crippen molar-refractivity contribution in [1.29, 1.82) is 0 Å². The van der Waals surface area contributed by atoms with Crippen molar-refractivity contribution in [3.63, 3.8) is 0 Å². The highest BCUT2D eigenvalue weighted by molar-refractivity contribution is 5.82. The number of nitrogens with one attached hydrogen (secondary N) is 1. The van der Waals surface area contributed by atoms with E-state index in [2.05, 4.69) is 22.9 Å². The number of esters is 1. The minimum Gasteiger partial charge on any atom is -0.461 e. The number of methoxy groups -OCH3 is 1. The SMILES string of the molecule is CCCCC(COC)n1c(-c2cc(C)c(=O)n(C)c2)nc2cc(CN[C@H](C(=O)OC3CCC3)[C@@H](C)O)ccc21. The summed E-state index contributed by atoms with van der Waals surface area (Å²) < 4.78 is 15.0. The van der Waals surface area contributed by atoms with Gasteiger partial charge in [0.1, 0.15) is 18.0 Å². The van der Waals surface area contributed by atoms with Crippen molar-refractivity contribution in [2.45, 2.75) is 90.1 Å². The van der Waals surface area contributed by atoms with Gasteiger partial charge in [-0.05, 0) is 63.3 Å². The van der Waals surface area contributed by atoms with Crippen molar-refractivity contribution >= 4 is 17.0 Å². The largest absolute Gasteiger partial charge is 0.461 e. The lowest BCUT2D eigenvalue weighted by atomic mass is 9.96. The number of aliphatic hydroxyl groups excluding tert-OH is 1. The number of aliphatic hydroxyl groups is 1. The molecule has 9 nitrogen and oxygen atoms in total. The van der Waals surface area contributed by atoms with Gasteiger partial charge >= 0.3 is 5.97 Å². The van der Waals surface area contributed by atoms with E-state index in [0.29, 0.717) is 18.7 Å². The number of ether oxygens (including phenoxy) is 2. The summed E-state index contributed by atoms with van der Waals surface area (Å²) in [5.74, 6) is 0.378. The third-order valence-corrected chi connectivity index (χ3v) is 7.59. The highest BCUT2D eigenvalue weighted by Crippen LogP contribution is 2.32. The van der Waals surface area contributed by atoms with Gasteiger partial charge < -0.3 is 23.7 Å². The molecule has 2 aromatic heterocycles. The molecule has 1 fully saturated rings. The summed E-state index contributed by atoms with van der Waals surface area (Å²) in [5, 5.41) is 13.4. The number of aromatic nitrogens is 3. The first-order valence-corrected chi connectivity index (χ1v) is 14.0. The van der Waals surface area contributed by atoms with Crippen molar-refractivity contribution in [3.05, 3.63) is 51.9 Å². The molecule has 1 aromatic carbocycles. The van der Waals surface area contributed by atoms with Gasteiger partial charge in [0.2, 0.25) is 0 Å². The molecule has 2 N–H and O–H groups in total. The molecule has 3 atom stereocenters. The predicted molar refractivity (Wildman–Crippen MR) is 152 cm³/mol. The lowest BCUT2D eigenvalue weighted by Crippen LogP contribution is -2.47. The van der Waals surface area contributed by atoms with Gasteiger partial charge in [-0.2, -0.15) is 0 Å². The van der Waals surface area contributed by atoms with E-state index in [1.165, 1.54) is 0 Å². The highest BCUT2D eigenvalue weighted by atomic mass is 16.5. The summed E-state index contributed by atoms with van der Waals surface area (Å²) in [6.45, 7) is 6.52. The number of aryl methyl sites for hydroxylation is 2. The molecule has 9 heteroatoms. The Labute approximate surface area is 230 Å². The van der Waals surface area contributed by atoms with Crippen LogP contribution in [-0.4, -0.2) is 57.2 Å². The fourth-order valence-corrected chi connectivity index (χ4v) is 5.15. The second kappa shape index (κ2) is 12.9. The number of imidazole rings is 1. The Kier molecular flexibility index (Phi) is 9.58. The Morgan fingerprint density at radius 1 is 1.28 bits per heavy atom. The Bertz CT molecular complexity index is 1310. The Balaban J connectivity index is 1.68. The average molecular weight is 539 g/mol. The van der Waals surface area contributed by atoms with Crippen molar-refractivity contribution in [3.8, 4) is 11.4 Å². The third-order valence-electron chi connectivity index (χ3n) is 7.59. The molecule has 0 bridgehead atoms. The van der Waals surface area contributed by atoms with Gasteiger partial charge in [0.25, 0.3) is 5.56 Å². The molecule has 1 unspecified atom stereocenters. The number of unbranched alkanes of at least 4 members (excludes halogenated alkanes) is 1. The van der Waals surface area contributed by atoms with Crippen LogP contribution >= 0.6 is 0 Å². The molecule has 0 aliphatic heterocycles. The number of pyridine rings is 1. The van der Waals surface area contributed by atoms with E-state index in [1.54, 1.807) is 25.6 Å². The van der Waals surface area contributed by atoms with E-state index >= 15 is 0 Å². The van der Waals surface area contributed by atoms with E-state index < -0.39 is 18.1 Å². The van der Waals surface area contributed by atoms with E-state index in [1.807, 2.05) is 31.3 Å². The number of carbonyl (C=O) groups is 1. The van der Waals surface area contributed by atoms with Gasteiger partial charge in [0.05, 0.1) is 29.8 Å². The Morgan fingerprint density at radius 2 is 2.05 bits per heavy atom. The van der Waals surface area contributed by atoms with Gasteiger partial charge in [-0.3, -0.25) is 14.9 Å². The number of hydrogen-bond acceptors (Lipinski definition) is 7. The number of benzene rings is 1. The molecule has 0 amide bonds. The van der Waals surface area contributed by atoms with Gasteiger partial charge in [0.15, 0.2) is 0 Å². The molecule has 2 heterocycles. The van der Waals surface area contributed by atoms with Crippen LogP contribution in [0.25, 0.3) is 22.4 Å². The van der Waals surface area contributed by atoms with E-state index in [0.717, 1.165) is 66.5 Å². The quantitative estimate of drug-likeness (QED) is 0.317. The van der Waals surface area contributed by atoms with Gasteiger partial charge in [-0.15, -0.1) is 0 Å². The van der Waals surface area contributed by atoms with Crippen LogP contribution in [0.2, 0.25) is 0 Å². The molecular weight excluding hydrogens is 496 g/mol. The molecule has 212 valence electrons. The van der Waals surface area contributed by atoms with Crippen LogP contribution in [0.5, 0.6) is 0 Å². The summed E-state index contributed by atoms with van der Waals surface area (Å²) in [6, 6.07) is 7.25. The van der Waals surface area contributed by atoms with Crippen LogP contribution in [0.4, 0.5) is 0 Å². The maximum absolute atomic E-state index is 12.6. The lowest BCUT2D eigenvalue weighted by Gasteiger charge is -2.28. The van der Waals surface area contributed by atoms with Crippen LogP contribution in [0, 0.1) is 6.92 Å². The van der Waals surface area contributed by atoms with Crippen molar-refractivity contribution in [1.82, 2.24) is 19.4 Å². The number of fused-ring (bicyclic) bond motifs is 1. The predicted octanol–water partition coefficient (Wildman–Crippen LogP) is 4.02. The maximum atomic E-state index is 12.6.